The first-order valence-electron chi connectivity index (χ1n) is 5.77. The Labute approximate surface area is 117 Å². The highest BCUT2D eigenvalue weighted by molar-refractivity contribution is 7.89. The minimum atomic E-state index is -3.20. The lowest BCUT2D eigenvalue weighted by Crippen LogP contribution is -2.28. The van der Waals surface area contributed by atoms with Crippen LogP contribution >= 0.6 is 11.3 Å². The largest absolute Gasteiger partial charge is 0.478 e. The number of hydrogen-bond acceptors (Lipinski definition) is 4. The van der Waals surface area contributed by atoms with Gasteiger partial charge >= 0.3 is 5.97 Å². The molecule has 5 nitrogen and oxygen atoms in total. The molecule has 0 bridgehead atoms. The number of rotatable bonds is 7. The van der Waals surface area contributed by atoms with Crippen molar-refractivity contribution >= 4 is 33.4 Å². The van der Waals surface area contributed by atoms with Crippen molar-refractivity contribution in [1.82, 2.24) is 4.31 Å². The van der Waals surface area contributed by atoms with Crippen LogP contribution in [0.15, 0.2) is 17.5 Å². The molecule has 1 aromatic rings. The van der Waals surface area contributed by atoms with Crippen LogP contribution in [0.3, 0.4) is 0 Å². The lowest BCUT2D eigenvalue weighted by atomic mass is 10.3. The number of hydrogen-bond donors (Lipinski definition) is 1. The molecule has 106 valence electrons. The van der Waals surface area contributed by atoms with Gasteiger partial charge in [-0.15, -0.1) is 11.3 Å². The van der Waals surface area contributed by atoms with Gasteiger partial charge in [-0.1, -0.05) is 6.92 Å². The summed E-state index contributed by atoms with van der Waals surface area (Å²) in [6.45, 7) is 2.13. The zero-order chi connectivity index (χ0) is 14.5. The Morgan fingerprint density at radius 1 is 1.53 bits per heavy atom. The Hall–Kier alpha value is -1.18. The maximum atomic E-state index is 11.8. The summed E-state index contributed by atoms with van der Waals surface area (Å²) in [6.07, 6.45) is 3.15. The van der Waals surface area contributed by atoms with E-state index in [0.717, 1.165) is 16.5 Å². The number of sulfonamides is 1. The summed E-state index contributed by atoms with van der Waals surface area (Å²) in [5, 5.41) is 10.4. The molecule has 7 heteroatoms. The maximum absolute atomic E-state index is 11.8. The third-order valence-corrected chi connectivity index (χ3v) is 5.36. The smallest absolute Gasteiger partial charge is 0.328 e. The number of carboxylic acids is 1. The van der Waals surface area contributed by atoms with Crippen LogP contribution in [-0.4, -0.2) is 36.6 Å². The van der Waals surface area contributed by atoms with Crippen molar-refractivity contribution < 1.29 is 18.3 Å². The molecule has 0 aliphatic heterocycles. The first-order chi connectivity index (χ1) is 8.85. The van der Waals surface area contributed by atoms with Crippen molar-refractivity contribution in [3.05, 3.63) is 28.0 Å². The minimum absolute atomic E-state index is 0.138. The second-order valence-electron chi connectivity index (χ2n) is 4.10. The Morgan fingerprint density at radius 2 is 2.21 bits per heavy atom. The van der Waals surface area contributed by atoms with Crippen LogP contribution in [0.1, 0.15) is 23.8 Å². The average Bonchev–Trinajstić information content (AvgIpc) is 2.74. The van der Waals surface area contributed by atoms with Gasteiger partial charge < -0.3 is 5.11 Å². The van der Waals surface area contributed by atoms with E-state index in [-0.39, 0.29) is 5.75 Å². The van der Waals surface area contributed by atoms with Crippen molar-refractivity contribution in [3.8, 4) is 0 Å². The molecule has 0 saturated heterocycles. The van der Waals surface area contributed by atoms with Gasteiger partial charge in [-0.2, -0.15) is 0 Å². The standard InChI is InChI=1S/C12H17NO4S2/c1-3-6-19(16,17)13(2)8-10-7-11(18-9-10)4-5-12(14)15/h4-5,7,9H,3,6,8H2,1-2H3,(H,14,15)/b5-4+. The van der Waals surface area contributed by atoms with E-state index in [1.807, 2.05) is 12.3 Å². The van der Waals surface area contributed by atoms with E-state index in [4.69, 9.17) is 5.11 Å². The third kappa shape index (κ3) is 5.14. The van der Waals surface area contributed by atoms with Crippen molar-refractivity contribution in [2.24, 2.45) is 0 Å². The van der Waals surface area contributed by atoms with Crippen LogP contribution in [0.25, 0.3) is 6.08 Å². The average molecular weight is 303 g/mol. The van der Waals surface area contributed by atoms with Gasteiger partial charge in [0.25, 0.3) is 0 Å². The Morgan fingerprint density at radius 3 is 2.79 bits per heavy atom. The van der Waals surface area contributed by atoms with Gasteiger partial charge in [-0.05, 0) is 29.5 Å². The summed E-state index contributed by atoms with van der Waals surface area (Å²) in [6, 6.07) is 1.79. The molecule has 0 spiro atoms. The van der Waals surface area contributed by atoms with Gasteiger partial charge in [0, 0.05) is 24.5 Å². The van der Waals surface area contributed by atoms with Crippen molar-refractivity contribution in [2.75, 3.05) is 12.8 Å². The zero-order valence-electron chi connectivity index (χ0n) is 10.9. The van der Waals surface area contributed by atoms with Gasteiger partial charge in [-0.3, -0.25) is 0 Å². The fourth-order valence-electron chi connectivity index (χ4n) is 1.49. The zero-order valence-corrected chi connectivity index (χ0v) is 12.5. The van der Waals surface area contributed by atoms with Crippen molar-refractivity contribution in [2.45, 2.75) is 19.9 Å². The van der Waals surface area contributed by atoms with E-state index >= 15 is 0 Å². The van der Waals surface area contributed by atoms with E-state index in [2.05, 4.69) is 0 Å². The van der Waals surface area contributed by atoms with Crippen LogP contribution in [0.5, 0.6) is 0 Å². The summed E-state index contributed by atoms with van der Waals surface area (Å²) in [7, 11) is -1.65. The number of nitrogens with zero attached hydrogens (tertiary/aromatic N) is 1. The molecule has 0 unspecified atom stereocenters. The fourth-order valence-corrected chi connectivity index (χ4v) is 3.46. The molecular formula is C12H17NO4S2. The summed E-state index contributed by atoms with van der Waals surface area (Å²) in [5.41, 5.74) is 0.859. The molecule has 0 aliphatic rings. The number of aliphatic carboxylic acids is 1. The summed E-state index contributed by atoms with van der Waals surface area (Å²) in [4.78, 5) is 11.2. The van der Waals surface area contributed by atoms with Gasteiger partial charge in [-0.25, -0.2) is 17.5 Å². The maximum Gasteiger partial charge on any atom is 0.328 e. The molecule has 0 radical (unpaired) electrons. The normalized spacial score (nSPS) is 12.4. The predicted molar refractivity (Wildman–Crippen MR) is 76.5 cm³/mol. The van der Waals surface area contributed by atoms with Crippen LogP contribution < -0.4 is 0 Å². The van der Waals surface area contributed by atoms with E-state index < -0.39 is 16.0 Å². The Kier molecular flexibility index (Phi) is 5.71. The lowest BCUT2D eigenvalue weighted by molar-refractivity contribution is -0.131. The van der Waals surface area contributed by atoms with Crippen LogP contribution in [0.4, 0.5) is 0 Å². The van der Waals surface area contributed by atoms with Gasteiger partial charge in [0.1, 0.15) is 0 Å². The summed E-state index contributed by atoms with van der Waals surface area (Å²) < 4.78 is 24.9. The van der Waals surface area contributed by atoms with E-state index in [9.17, 15) is 13.2 Å². The molecule has 1 heterocycles. The van der Waals surface area contributed by atoms with Crippen LogP contribution in [0.2, 0.25) is 0 Å². The highest BCUT2D eigenvalue weighted by Gasteiger charge is 2.17. The van der Waals surface area contributed by atoms with Gasteiger partial charge in [0.15, 0.2) is 0 Å². The molecule has 0 amide bonds. The minimum Gasteiger partial charge on any atom is -0.478 e. The van der Waals surface area contributed by atoms with Gasteiger partial charge in [0.05, 0.1) is 5.75 Å². The second-order valence-corrected chi connectivity index (χ2v) is 7.24. The quantitative estimate of drug-likeness (QED) is 0.782. The van der Waals surface area contributed by atoms with Crippen LogP contribution in [-0.2, 0) is 21.4 Å². The molecule has 1 N–H and O–H groups in total. The first kappa shape index (κ1) is 15.9. The number of carbonyl (C=O) groups is 1. The van der Waals surface area contributed by atoms with E-state index in [0.29, 0.717) is 13.0 Å². The van der Waals surface area contributed by atoms with Crippen LogP contribution in [0, 0.1) is 0 Å². The highest BCUT2D eigenvalue weighted by atomic mass is 32.2. The summed E-state index contributed by atoms with van der Waals surface area (Å²) in [5.74, 6) is -0.864. The van der Waals surface area contributed by atoms with Crippen molar-refractivity contribution in [1.29, 1.82) is 0 Å². The predicted octanol–water partition coefficient (Wildman–Crippen LogP) is 2.02. The molecule has 0 atom stereocenters. The van der Waals surface area contributed by atoms with E-state index in [1.54, 1.807) is 13.1 Å². The lowest BCUT2D eigenvalue weighted by Gasteiger charge is -2.15. The Balaban J connectivity index is 2.71. The highest BCUT2D eigenvalue weighted by Crippen LogP contribution is 2.18. The molecule has 1 aromatic heterocycles. The SMILES string of the molecule is CCCS(=O)(=O)N(C)Cc1csc(/C=C/C(=O)O)c1. The van der Waals surface area contributed by atoms with E-state index in [1.165, 1.54) is 21.7 Å². The molecule has 1 rings (SSSR count). The molecule has 0 aliphatic carbocycles. The first-order valence-corrected chi connectivity index (χ1v) is 8.26. The Bertz CT molecular complexity index is 560. The van der Waals surface area contributed by atoms with Gasteiger partial charge in [0.2, 0.25) is 10.0 Å². The number of carboxylic acid groups (broad SMARTS) is 1. The molecule has 0 fully saturated rings. The fraction of sp³-hybridized carbons (Fsp3) is 0.417. The van der Waals surface area contributed by atoms with Crippen molar-refractivity contribution in [3.63, 3.8) is 0 Å². The molecule has 0 saturated carbocycles. The number of thiophene rings is 1. The molecule has 19 heavy (non-hydrogen) atoms. The topological polar surface area (TPSA) is 74.7 Å². The molecule has 0 aromatic carbocycles. The third-order valence-electron chi connectivity index (χ3n) is 2.41. The molecular weight excluding hydrogens is 286 g/mol. The monoisotopic (exact) mass is 303 g/mol. The summed E-state index contributed by atoms with van der Waals surface area (Å²) >= 11 is 1.39. The second kappa shape index (κ2) is 6.83.